The van der Waals surface area contributed by atoms with E-state index in [1.54, 1.807) is 6.92 Å². The Bertz CT molecular complexity index is 682. The van der Waals surface area contributed by atoms with Gasteiger partial charge in [0.05, 0.1) is 29.4 Å². The van der Waals surface area contributed by atoms with Gasteiger partial charge in [-0.25, -0.2) is 0 Å². The monoisotopic (exact) mass is 316 g/mol. The minimum absolute atomic E-state index is 0.0308. The van der Waals surface area contributed by atoms with Crippen molar-refractivity contribution in [2.75, 3.05) is 0 Å². The van der Waals surface area contributed by atoms with Gasteiger partial charge in [0.15, 0.2) is 0 Å². The van der Waals surface area contributed by atoms with Crippen LogP contribution in [-0.4, -0.2) is 20.6 Å². The molecule has 0 saturated carbocycles. The molecule has 0 saturated heterocycles. The number of amides is 1. The lowest BCUT2D eigenvalue weighted by Gasteiger charge is -2.17. The Morgan fingerprint density at radius 3 is 2.65 bits per heavy atom. The fourth-order valence-electron chi connectivity index (χ4n) is 2.39. The van der Waals surface area contributed by atoms with Crippen LogP contribution in [0.4, 0.5) is 5.82 Å². The highest BCUT2D eigenvalue weighted by atomic mass is 16.6. The van der Waals surface area contributed by atoms with Crippen LogP contribution in [-0.2, 0) is 11.3 Å². The predicted octanol–water partition coefficient (Wildman–Crippen LogP) is 2.76. The van der Waals surface area contributed by atoms with E-state index >= 15 is 0 Å². The average Bonchev–Trinajstić information content (AvgIpc) is 2.93. The first kappa shape index (κ1) is 16.7. The summed E-state index contributed by atoms with van der Waals surface area (Å²) in [5.74, 6) is -0.295. The van der Waals surface area contributed by atoms with Crippen molar-refractivity contribution in [3.8, 4) is 0 Å². The highest BCUT2D eigenvalue weighted by molar-refractivity contribution is 5.76. The topological polar surface area (TPSA) is 90.1 Å². The third-order valence-electron chi connectivity index (χ3n) is 3.65. The number of rotatable bonds is 7. The Hall–Kier alpha value is -2.70. The first-order valence-electron chi connectivity index (χ1n) is 7.54. The third-order valence-corrected chi connectivity index (χ3v) is 3.65. The van der Waals surface area contributed by atoms with Crippen molar-refractivity contribution in [1.29, 1.82) is 0 Å². The van der Waals surface area contributed by atoms with Crippen molar-refractivity contribution in [3.05, 3.63) is 57.8 Å². The van der Waals surface area contributed by atoms with E-state index in [-0.39, 0.29) is 24.2 Å². The molecule has 1 aromatic carbocycles. The van der Waals surface area contributed by atoms with Gasteiger partial charge in [-0.1, -0.05) is 37.3 Å². The summed E-state index contributed by atoms with van der Waals surface area (Å²) in [5.41, 5.74) is 1.73. The number of hydrogen-bond donors (Lipinski definition) is 1. The molecule has 1 unspecified atom stereocenters. The summed E-state index contributed by atoms with van der Waals surface area (Å²) < 4.78 is 1.49. The summed E-state index contributed by atoms with van der Waals surface area (Å²) >= 11 is 0. The van der Waals surface area contributed by atoms with Crippen molar-refractivity contribution in [2.45, 2.75) is 39.3 Å². The minimum atomic E-state index is -0.536. The molecular formula is C16H20N4O3. The lowest BCUT2D eigenvalue weighted by Crippen LogP contribution is -2.29. The van der Waals surface area contributed by atoms with Gasteiger partial charge < -0.3 is 15.4 Å². The predicted molar refractivity (Wildman–Crippen MR) is 85.9 cm³/mol. The second kappa shape index (κ2) is 7.53. The summed E-state index contributed by atoms with van der Waals surface area (Å²) in [7, 11) is 0. The van der Waals surface area contributed by atoms with E-state index in [2.05, 4.69) is 10.4 Å². The first-order valence-corrected chi connectivity index (χ1v) is 7.54. The van der Waals surface area contributed by atoms with E-state index < -0.39 is 4.92 Å². The summed E-state index contributed by atoms with van der Waals surface area (Å²) in [6.07, 6.45) is 1.02. The molecule has 0 radical (unpaired) electrons. The number of aryl methyl sites for hydroxylation is 2. The van der Waals surface area contributed by atoms with Crippen molar-refractivity contribution < 1.29 is 9.72 Å². The van der Waals surface area contributed by atoms with Crippen LogP contribution in [0.5, 0.6) is 0 Å². The maximum atomic E-state index is 12.1. The molecule has 1 heterocycles. The SMILES string of the molecule is CCC(NC(=O)CCn1nc([N+](=O)[O-])cc1C)c1ccccc1. The normalized spacial score (nSPS) is 11.9. The molecule has 1 aromatic heterocycles. The number of nitrogens with zero attached hydrogens (tertiary/aromatic N) is 3. The fourth-order valence-corrected chi connectivity index (χ4v) is 2.39. The summed E-state index contributed by atoms with van der Waals surface area (Å²) in [6.45, 7) is 4.06. The van der Waals surface area contributed by atoms with Gasteiger partial charge in [-0.3, -0.25) is 4.79 Å². The van der Waals surface area contributed by atoms with Crippen molar-refractivity contribution >= 4 is 11.7 Å². The molecule has 0 bridgehead atoms. The Morgan fingerprint density at radius 2 is 2.09 bits per heavy atom. The Kier molecular flexibility index (Phi) is 5.46. The van der Waals surface area contributed by atoms with Gasteiger partial charge in [-0.2, -0.15) is 4.68 Å². The van der Waals surface area contributed by atoms with Gasteiger partial charge in [0, 0.05) is 6.42 Å². The minimum Gasteiger partial charge on any atom is -0.358 e. The Labute approximate surface area is 134 Å². The van der Waals surface area contributed by atoms with Gasteiger partial charge in [0.1, 0.15) is 0 Å². The molecule has 0 fully saturated rings. The van der Waals surface area contributed by atoms with E-state index in [0.29, 0.717) is 12.2 Å². The van der Waals surface area contributed by atoms with Crippen LogP contribution in [0.15, 0.2) is 36.4 Å². The number of nitrogens with one attached hydrogen (secondary N) is 1. The summed E-state index contributed by atoms with van der Waals surface area (Å²) in [6, 6.07) is 11.1. The van der Waals surface area contributed by atoms with Crippen LogP contribution >= 0.6 is 0 Å². The summed E-state index contributed by atoms with van der Waals surface area (Å²) in [5, 5.41) is 17.6. The average molecular weight is 316 g/mol. The molecular weight excluding hydrogens is 296 g/mol. The van der Waals surface area contributed by atoms with E-state index in [1.165, 1.54) is 10.7 Å². The van der Waals surface area contributed by atoms with Crippen LogP contribution < -0.4 is 5.32 Å². The fraction of sp³-hybridized carbons (Fsp3) is 0.375. The van der Waals surface area contributed by atoms with Crippen LogP contribution in [0.25, 0.3) is 0 Å². The number of carbonyl (C=O) groups is 1. The van der Waals surface area contributed by atoms with Crippen LogP contribution in [0.1, 0.15) is 37.1 Å². The number of hydrogen-bond acceptors (Lipinski definition) is 4. The third kappa shape index (κ3) is 4.38. The number of carbonyl (C=O) groups excluding carboxylic acids is 1. The van der Waals surface area contributed by atoms with Crippen LogP contribution in [0, 0.1) is 17.0 Å². The van der Waals surface area contributed by atoms with Crippen molar-refractivity contribution in [3.63, 3.8) is 0 Å². The molecule has 0 aliphatic heterocycles. The molecule has 2 aromatic rings. The largest absolute Gasteiger partial charge is 0.390 e. The lowest BCUT2D eigenvalue weighted by atomic mass is 10.0. The van der Waals surface area contributed by atoms with E-state index in [0.717, 1.165) is 12.0 Å². The van der Waals surface area contributed by atoms with Gasteiger partial charge in [-0.15, -0.1) is 0 Å². The van der Waals surface area contributed by atoms with E-state index in [1.807, 2.05) is 37.3 Å². The highest BCUT2D eigenvalue weighted by Gasteiger charge is 2.17. The molecule has 122 valence electrons. The molecule has 0 aliphatic rings. The molecule has 1 N–H and O–H groups in total. The maximum absolute atomic E-state index is 12.1. The van der Waals surface area contributed by atoms with E-state index in [9.17, 15) is 14.9 Å². The molecule has 0 aliphatic carbocycles. The molecule has 1 atom stereocenters. The molecule has 0 spiro atoms. The molecule has 1 amide bonds. The van der Waals surface area contributed by atoms with Gasteiger partial charge in [-0.05, 0) is 23.8 Å². The molecule has 23 heavy (non-hydrogen) atoms. The number of benzene rings is 1. The molecule has 7 heteroatoms. The molecule has 2 rings (SSSR count). The lowest BCUT2D eigenvalue weighted by molar-refractivity contribution is -0.389. The van der Waals surface area contributed by atoms with Crippen LogP contribution in [0.2, 0.25) is 0 Å². The first-order chi connectivity index (χ1) is 11.0. The van der Waals surface area contributed by atoms with Gasteiger partial charge >= 0.3 is 5.82 Å². The van der Waals surface area contributed by atoms with Gasteiger partial charge in [0.25, 0.3) is 0 Å². The quantitative estimate of drug-likeness (QED) is 0.628. The maximum Gasteiger partial charge on any atom is 0.390 e. The summed E-state index contributed by atoms with van der Waals surface area (Å²) in [4.78, 5) is 22.3. The second-order valence-corrected chi connectivity index (χ2v) is 5.31. The number of nitro groups is 1. The molecule has 7 nitrogen and oxygen atoms in total. The zero-order chi connectivity index (χ0) is 16.8. The smallest absolute Gasteiger partial charge is 0.358 e. The Balaban J connectivity index is 1.93. The van der Waals surface area contributed by atoms with Crippen molar-refractivity contribution in [1.82, 2.24) is 15.1 Å². The van der Waals surface area contributed by atoms with Crippen molar-refractivity contribution in [2.24, 2.45) is 0 Å². The Morgan fingerprint density at radius 1 is 1.39 bits per heavy atom. The van der Waals surface area contributed by atoms with Crippen LogP contribution in [0.3, 0.4) is 0 Å². The zero-order valence-electron chi connectivity index (χ0n) is 13.2. The zero-order valence-corrected chi connectivity index (χ0v) is 13.2. The highest BCUT2D eigenvalue weighted by Crippen LogP contribution is 2.16. The van der Waals surface area contributed by atoms with Gasteiger partial charge in [0.2, 0.25) is 5.91 Å². The number of aromatic nitrogens is 2. The second-order valence-electron chi connectivity index (χ2n) is 5.31. The van der Waals surface area contributed by atoms with E-state index in [4.69, 9.17) is 0 Å². The standard InChI is InChI=1S/C16H20N4O3/c1-3-14(13-7-5-4-6-8-13)17-16(21)9-10-19-12(2)11-15(18-19)20(22)23/h4-8,11,14H,3,9-10H2,1-2H3,(H,17,21).